The number of likely N-dealkylation sites (tertiary alicyclic amines) is 1. The molecule has 0 saturated carbocycles. The molecule has 29 heavy (non-hydrogen) atoms. The zero-order valence-corrected chi connectivity index (χ0v) is 17.7. The van der Waals surface area contributed by atoms with Crippen molar-refractivity contribution in [3.05, 3.63) is 59.7 Å². The standard InChI is InChI=1S/C24H30N2O2.ClH/c27-24(28)18-25-16-6-5-10-21(25)11-7-17-26-22-12-3-1-8-19(22)14-15-20-9-2-4-13-23(20)26;/h1-4,8-9,12-13,21H,5-7,10-11,14-18H2,(H,27,28);1H. The lowest BCUT2D eigenvalue weighted by atomic mass is 9.97. The molecule has 0 amide bonds. The molecular weight excluding hydrogens is 384 g/mol. The maximum atomic E-state index is 11.2. The van der Waals surface area contributed by atoms with Crippen LogP contribution in [0, 0.1) is 0 Å². The van der Waals surface area contributed by atoms with Crippen molar-refractivity contribution in [1.29, 1.82) is 0 Å². The van der Waals surface area contributed by atoms with Gasteiger partial charge in [0, 0.05) is 24.0 Å². The zero-order valence-electron chi connectivity index (χ0n) is 16.9. The molecule has 2 aliphatic heterocycles. The molecule has 0 bridgehead atoms. The van der Waals surface area contributed by atoms with E-state index >= 15 is 0 Å². The lowest BCUT2D eigenvalue weighted by molar-refractivity contribution is -0.139. The predicted octanol–water partition coefficient (Wildman–Crippen LogP) is 5.06. The van der Waals surface area contributed by atoms with Gasteiger partial charge in [0.15, 0.2) is 0 Å². The molecule has 4 rings (SSSR count). The molecule has 0 aromatic heterocycles. The van der Waals surface area contributed by atoms with Gasteiger partial charge in [0.05, 0.1) is 6.54 Å². The number of fused-ring (bicyclic) bond motifs is 2. The Morgan fingerprint density at radius 3 is 2.21 bits per heavy atom. The third-order valence-corrected chi connectivity index (χ3v) is 6.23. The summed E-state index contributed by atoms with van der Waals surface area (Å²) in [6, 6.07) is 17.9. The number of hydrogen-bond acceptors (Lipinski definition) is 3. The van der Waals surface area contributed by atoms with E-state index in [-0.39, 0.29) is 19.0 Å². The average Bonchev–Trinajstić information content (AvgIpc) is 2.86. The van der Waals surface area contributed by atoms with Crippen LogP contribution < -0.4 is 4.90 Å². The molecule has 4 nitrogen and oxygen atoms in total. The summed E-state index contributed by atoms with van der Waals surface area (Å²) < 4.78 is 0. The van der Waals surface area contributed by atoms with Crippen molar-refractivity contribution < 1.29 is 9.90 Å². The van der Waals surface area contributed by atoms with E-state index in [1.54, 1.807) is 0 Å². The van der Waals surface area contributed by atoms with Gasteiger partial charge in [-0.3, -0.25) is 9.69 Å². The van der Waals surface area contributed by atoms with Crippen LogP contribution in [0.15, 0.2) is 48.5 Å². The minimum Gasteiger partial charge on any atom is -0.480 e. The lowest BCUT2D eigenvalue weighted by Gasteiger charge is -2.35. The SMILES string of the molecule is Cl.O=C(O)CN1CCCCC1CCCN1c2ccccc2CCc2ccccc21. The molecule has 0 spiro atoms. The summed E-state index contributed by atoms with van der Waals surface area (Å²) in [5.41, 5.74) is 5.50. The van der Waals surface area contributed by atoms with Crippen LogP contribution in [-0.4, -0.2) is 41.7 Å². The molecule has 0 radical (unpaired) electrons. The fraction of sp³-hybridized carbons (Fsp3) is 0.458. The molecule has 2 heterocycles. The molecule has 2 aromatic carbocycles. The first-order valence-corrected chi connectivity index (χ1v) is 10.6. The monoisotopic (exact) mass is 414 g/mol. The van der Waals surface area contributed by atoms with Crippen molar-refractivity contribution in [2.24, 2.45) is 0 Å². The molecule has 2 aromatic rings. The van der Waals surface area contributed by atoms with Crippen molar-refractivity contribution in [2.75, 3.05) is 24.5 Å². The maximum absolute atomic E-state index is 11.2. The molecule has 0 aliphatic carbocycles. The van der Waals surface area contributed by atoms with Crippen LogP contribution in [0.25, 0.3) is 0 Å². The summed E-state index contributed by atoms with van der Waals surface area (Å²) in [5, 5.41) is 9.21. The van der Waals surface area contributed by atoms with Gasteiger partial charge in [-0.1, -0.05) is 42.8 Å². The maximum Gasteiger partial charge on any atom is 0.317 e. The third-order valence-electron chi connectivity index (χ3n) is 6.23. The highest BCUT2D eigenvalue weighted by Crippen LogP contribution is 2.36. The van der Waals surface area contributed by atoms with Crippen molar-refractivity contribution >= 4 is 29.8 Å². The first-order chi connectivity index (χ1) is 13.7. The van der Waals surface area contributed by atoms with Gasteiger partial charge in [0.25, 0.3) is 0 Å². The molecule has 1 N–H and O–H groups in total. The molecule has 156 valence electrons. The van der Waals surface area contributed by atoms with Gasteiger partial charge in [0.2, 0.25) is 0 Å². The number of benzene rings is 2. The van der Waals surface area contributed by atoms with E-state index in [1.165, 1.54) is 28.9 Å². The van der Waals surface area contributed by atoms with Crippen LogP contribution in [0.3, 0.4) is 0 Å². The van der Waals surface area contributed by atoms with E-state index in [4.69, 9.17) is 0 Å². The van der Waals surface area contributed by atoms with Gasteiger partial charge < -0.3 is 10.0 Å². The van der Waals surface area contributed by atoms with Gasteiger partial charge in [-0.15, -0.1) is 12.4 Å². The van der Waals surface area contributed by atoms with E-state index in [1.807, 2.05) is 0 Å². The Bertz CT molecular complexity index is 779. The second-order valence-corrected chi connectivity index (χ2v) is 8.07. The number of rotatable bonds is 6. The van der Waals surface area contributed by atoms with E-state index in [0.29, 0.717) is 6.04 Å². The van der Waals surface area contributed by atoms with Gasteiger partial charge in [0.1, 0.15) is 0 Å². The largest absolute Gasteiger partial charge is 0.480 e. The normalized spacial score (nSPS) is 18.9. The summed E-state index contributed by atoms with van der Waals surface area (Å²) in [4.78, 5) is 15.9. The van der Waals surface area contributed by atoms with E-state index < -0.39 is 5.97 Å². The van der Waals surface area contributed by atoms with Gasteiger partial charge in [-0.2, -0.15) is 0 Å². The minimum absolute atomic E-state index is 0. The second kappa shape index (κ2) is 10.1. The van der Waals surface area contributed by atoms with Crippen molar-refractivity contribution in [1.82, 2.24) is 4.90 Å². The Balaban J connectivity index is 0.00000240. The number of piperidine rings is 1. The predicted molar refractivity (Wildman–Crippen MR) is 121 cm³/mol. The number of halogens is 1. The fourth-order valence-corrected chi connectivity index (χ4v) is 4.86. The van der Waals surface area contributed by atoms with Crippen molar-refractivity contribution in [3.63, 3.8) is 0 Å². The number of carboxylic acid groups (broad SMARTS) is 1. The number of aryl methyl sites for hydroxylation is 2. The number of para-hydroxylation sites is 2. The molecule has 1 atom stereocenters. The molecular formula is C24H31ClN2O2. The minimum atomic E-state index is -0.706. The Labute approximate surface area is 179 Å². The molecule has 2 aliphatic rings. The molecule has 1 fully saturated rings. The number of nitrogens with zero attached hydrogens (tertiary/aromatic N) is 2. The first kappa shape index (κ1) is 21.7. The topological polar surface area (TPSA) is 43.8 Å². The van der Waals surface area contributed by atoms with Crippen LogP contribution in [0.4, 0.5) is 11.4 Å². The summed E-state index contributed by atoms with van der Waals surface area (Å²) in [6.07, 6.45) is 7.77. The van der Waals surface area contributed by atoms with Crippen LogP contribution >= 0.6 is 12.4 Å². The van der Waals surface area contributed by atoms with Crippen LogP contribution in [-0.2, 0) is 17.6 Å². The number of carbonyl (C=O) groups is 1. The number of aliphatic carboxylic acids is 1. The van der Waals surface area contributed by atoms with Crippen LogP contribution in [0.2, 0.25) is 0 Å². The smallest absolute Gasteiger partial charge is 0.317 e. The van der Waals surface area contributed by atoms with Gasteiger partial charge in [-0.05, 0) is 68.3 Å². The van der Waals surface area contributed by atoms with Crippen molar-refractivity contribution in [2.45, 2.75) is 51.0 Å². The van der Waals surface area contributed by atoms with Crippen LogP contribution in [0.5, 0.6) is 0 Å². The number of anilines is 2. The van der Waals surface area contributed by atoms with Crippen LogP contribution in [0.1, 0.15) is 43.2 Å². The highest BCUT2D eigenvalue weighted by Gasteiger charge is 2.25. The highest BCUT2D eigenvalue weighted by molar-refractivity contribution is 5.85. The second-order valence-electron chi connectivity index (χ2n) is 8.07. The highest BCUT2D eigenvalue weighted by atomic mass is 35.5. The first-order valence-electron chi connectivity index (χ1n) is 10.6. The fourth-order valence-electron chi connectivity index (χ4n) is 4.86. The number of carboxylic acids is 1. The molecule has 5 heteroatoms. The number of hydrogen-bond donors (Lipinski definition) is 1. The van der Waals surface area contributed by atoms with E-state index in [9.17, 15) is 9.90 Å². The van der Waals surface area contributed by atoms with E-state index in [2.05, 4.69) is 58.3 Å². The summed E-state index contributed by atoms with van der Waals surface area (Å²) >= 11 is 0. The van der Waals surface area contributed by atoms with Gasteiger partial charge in [-0.25, -0.2) is 0 Å². The van der Waals surface area contributed by atoms with Crippen molar-refractivity contribution in [3.8, 4) is 0 Å². The zero-order chi connectivity index (χ0) is 19.3. The van der Waals surface area contributed by atoms with Gasteiger partial charge >= 0.3 is 5.97 Å². The molecule has 1 unspecified atom stereocenters. The summed E-state index contributed by atoms with van der Waals surface area (Å²) in [6.45, 7) is 2.08. The summed E-state index contributed by atoms with van der Waals surface area (Å²) in [5.74, 6) is -0.706. The Hall–Kier alpha value is -2.04. The quantitative estimate of drug-likeness (QED) is 0.717. The summed E-state index contributed by atoms with van der Waals surface area (Å²) in [7, 11) is 0. The lowest BCUT2D eigenvalue weighted by Crippen LogP contribution is -2.42. The Morgan fingerprint density at radius 1 is 0.966 bits per heavy atom. The average molecular weight is 415 g/mol. The Kier molecular flexibility index (Phi) is 7.57. The molecule has 1 saturated heterocycles. The third kappa shape index (κ3) is 5.12. The van der Waals surface area contributed by atoms with E-state index in [0.717, 1.165) is 51.6 Å². The Morgan fingerprint density at radius 2 is 1.59 bits per heavy atom.